The highest BCUT2D eigenvalue weighted by Crippen LogP contribution is 2.29. The van der Waals surface area contributed by atoms with Crippen LogP contribution in [-0.2, 0) is 6.54 Å². The number of hydrogen-bond donors (Lipinski definition) is 2. The molecule has 1 saturated heterocycles. The lowest BCUT2D eigenvalue weighted by Crippen LogP contribution is -2.40. The van der Waals surface area contributed by atoms with E-state index in [0.29, 0.717) is 11.8 Å². The number of nitrogens with zero attached hydrogens (tertiary/aromatic N) is 1. The summed E-state index contributed by atoms with van der Waals surface area (Å²) in [7, 11) is 1.42. The third kappa shape index (κ3) is 7.73. The molecule has 0 bridgehead atoms. The van der Waals surface area contributed by atoms with Crippen LogP contribution in [0.4, 0.5) is 8.78 Å². The van der Waals surface area contributed by atoms with E-state index in [1.54, 1.807) is 12.1 Å². The SMILES string of the molecule is CCNC(=NCc1ccc(OC)c(OC(F)F)c1)NCC1CCCS1.I. The number of methoxy groups -OCH3 is 1. The van der Waals surface area contributed by atoms with Gasteiger partial charge in [0.1, 0.15) is 0 Å². The van der Waals surface area contributed by atoms with Crippen molar-refractivity contribution in [2.45, 2.75) is 38.2 Å². The number of hydrogen-bond acceptors (Lipinski definition) is 4. The normalized spacial score (nSPS) is 17.0. The maximum atomic E-state index is 12.5. The van der Waals surface area contributed by atoms with Gasteiger partial charge in [0.15, 0.2) is 17.5 Å². The Kier molecular flexibility index (Phi) is 11.0. The summed E-state index contributed by atoms with van der Waals surface area (Å²) >= 11 is 1.98. The first-order valence-corrected chi connectivity index (χ1v) is 9.42. The van der Waals surface area contributed by atoms with Gasteiger partial charge in [0.25, 0.3) is 0 Å². The van der Waals surface area contributed by atoms with Crippen LogP contribution in [0.5, 0.6) is 11.5 Å². The molecular weight excluding hydrogens is 475 g/mol. The van der Waals surface area contributed by atoms with Crippen molar-refractivity contribution in [2.75, 3.05) is 26.0 Å². The van der Waals surface area contributed by atoms with E-state index in [1.165, 1.54) is 31.8 Å². The van der Waals surface area contributed by atoms with Crippen LogP contribution in [-0.4, -0.2) is 43.8 Å². The molecule has 0 radical (unpaired) electrons. The molecule has 0 aliphatic carbocycles. The molecule has 0 aromatic heterocycles. The highest BCUT2D eigenvalue weighted by molar-refractivity contribution is 14.0. The second kappa shape index (κ2) is 12.4. The standard InChI is InChI=1S/C17H25F2N3O2S.HI/c1-3-20-17(22-11-13-5-4-8-25-13)21-10-12-6-7-14(23-2)15(9-12)24-16(18)19;/h6-7,9,13,16H,3-5,8,10-11H2,1-2H3,(H2,20,21,22);1H. The summed E-state index contributed by atoms with van der Waals surface area (Å²) < 4.78 is 34.6. The van der Waals surface area contributed by atoms with Gasteiger partial charge in [-0.05, 0) is 43.2 Å². The summed E-state index contributed by atoms with van der Waals surface area (Å²) in [5.74, 6) is 2.24. The molecule has 0 spiro atoms. The van der Waals surface area contributed by atoms with E-state index in [1.807, 2.05) is 18.7 Å². The van der Waals surface area contributed by atoms with Gasteiger partial charge in [-0.25, -0.2) is 4.99 Å². The number of ether oxygens (including phenoxy) is 2. The summed E-state index contributed by atoms with van der Waals surface area (Å²) in [4.78, 5) is 4.52. The Bertz CT molecular complexity index is 573. The third-order valence-electron chi connectivity index (χ3n) is 3.73. The quantitative estimate of drug-likeness (QED) is 0.322. The van der Waals surface area contributed by atoms with Crippen molar-refractivity contribution < 1.29 is 18.3 Å². The minimum absolute atomic E-state index is 0. The van der Waals surface area contributed by atoms with Crippen LogP contribution in [0.15, 0.2) is 23.2 Å². The lowest BCUT2D eigenvalue weighted by atomic mass is 10.2. The molecular formula is C17H26F2IN3O2S. The smallest absolute Gasteiger partial charge is 0.387 e. The summed E-state index contributed by atoms with van der Waals surface area (Å²) in [5, 5.41) is 7.17. The Hall–Kier alpha value is -0.970. The van der Waals surface area contributed by atoms with Crippen LogP contribution in [0.25, 0.3) is 0 Å². The Labute approximate surface area is 174 Å². The van der Waals surface area contributed by atoms with Gasteiger partial charge in [-0.3, -0.25) is 0 Å². The zero-order valence-electron chi connectivity index (χ0n) is 15.0. The van der Waals surface area contributed by atoms with Gasteiger partial charge < -0.3 is 20.1 Å². The fourth-order valence-corrected chi connectivity index (χ4v) is 3.74. The molecule has 1 aromatic rings. The molecule has 0 amide bonds. The van der Waals surface area contributed by atoms with Crippen molar-refractivity contribution >= 4 is 41.7 Å². The number of aliphatic imine (C=N–C) groups is 1. The highest BCUT2D eigenvalue weighted by Gasteiger charge is 2.15. The van der Waals surface area contributed by atoms with Gasteiger partial charge in [-0.2, -0.15) is 20.5 Å². The second-order valence-electron chi connectivity index (χ2n) is 5.57. The number of benzene rings is 1. The number of guanidine groups is 1. The van der Waals surface area contributed by atoms with E-state index in [9.17, 15) is 8.78 Å². The monoisotopic (exact) mass is 501 g/mol. The van der Waals surface area contributed by atoms with Crippen LogP contribution in [0, 0.1) is 0 Å². The molecule has 1 aliphatic rings. The van der Waals surface area contributed by atoms with Crippen molar-refractivity contribution in [3.63, 3.8) is 0 Å². The zero-order valence-corrected chi connectivity index (χ0v) is 18.1. The molecule has 0 saturated carbocycles. The Morgan fingerprint density at radius 3 is 2.77 bits per heavy atom. The predicted molar refractivity (Wildman–Crippen MR) is 113 cm³/mol. The third-order valence-corrected chi connectivity index (χ3v) is 5.13. The van der Waals surface area contributed by atoms with Gasteiger partial charge in [0.05, 0.1) is 13.7 Å². The van der Waals surface area contributed by atoms with E-state index < -0.39 is 6.61 Å². The first-order valence-electron chi connectivity index (χ1n) is 8.38. The average Bonchev–Trinajstić information content (AvgIpc) is 3.10. The molecule has 2 N–H and O–H groups in total. The molecule has 1 atom stereocenters. The number of rotatable bonds is 8. The van der Waals surface area contributed by atoms with E-state index in [-0.39, 0.29) is 35.5 Å². The van der Waals surface area contributed by atoms with Gasteiger partial charge in [-0.1, -0.05) is 6.07 Å². The average molecular weight is 501 g/mol. The number of halogens is 3. The minimum Gasteiger partial charge on any atom is -0.493 e. The van der Waals surface area contributed by atoms with E-state index >= 15 is 0 Å². The summed E-state index contributed by atoms with van der Waals surface area (Å²) in [6.45, 7) is 1.10. The first-order chi connectivity index (χ1) is 12.1. The lowest BCUT2D eigenvalue weighted by Gasteiger charge is -2.15. The van der Waals surface area contributed by atoms with Crippen molar-refractivity contribution in [3.05, 3.63) is 23.8 Å². The summed E-state index contributed by atoms with van der Waals surface area (Å²) in [6.07, 6.45) is 2.49. The van der Waals surface area contributed by atoms with Crippen molar-refractivity contribution in [2.24, 2.45) is 4.99 Å². The van der Waals surface area contributed by atoms with E-state index in [2.05, 4.69) is 20.4 Å². The Morgan fingerprint density at radius 1 is 1.35 bits per heavy atom. The fraction of sp³-hybridized carbons (Fsp3) is 0.588. The van der Waals surface area contributed by atoms with E-state index in [0.717, 1.165) is 24.6 Å². The van der Waals surface area contributed by atoms with Crippen LogP contribution < -0.4 is 20.1 Å². The Balaban J connectivity index is 0.00000338. The van der Waals surface area contributed by atoms with Crippen molar-refractivity contribution in [3.8, 4) is 11.5 Å². The van der Waals surface area contributed by atoms with Crippen LogP contribution >= 0.6 is 35.7 Å². The predicted octanol–water partition coefficient (Wildman–Crippen LogP) is 3.87. The van der Waals surface area contributed by atoms with Crippen LogP contribution in [0.1, 0.15) is 25.3 Å². The molecule has 5 nitrogen and oxygen atoms in total. The molecule has 2 rings (SSSR count). The molecule has 1 fully saturated rings. The van der Waals surface area contributed by atoms with Crippen LogP contribution in [0.3, 0.4) is 0 Å². The fourth-order valence-electron chi connectivity index (χ4n) is 2.54. The minimum atomic E-state index is -2.89. The molecule has 1 unspecified atom stereocenters. The molecule has 1 aromatic carbocycles. The largest absolute Gasteiger partial charge is 0.493 e. The van der Waals surface area contributed by atoms with Gasteiger partial charge in [0.2, 0.25) is 0 Å². The van der Waals surface area contributed by atoms with Gasteiger partial charge >= 0.3 is 6.61 Å². The molecule has 9 heteroatoms. The van der Waals surface area contributed by atoms with Gasteiger partial charge in [0, 0.05) is 18.3 Å². The maximum Gasteiger partial charge on any atom is 0.387 e. The zero-order chi connectivity index (χ0) is 18.1. The Morgan fingerprint density at radius 2 is 2.15 bits per heavy atom. The molecule has 1 aliphatic heterocycles. The second-order valence-corrected chi connectivity index (χ2v) is 6.98. The summed E-state index contributed by atoms with van der Waals surface area (Å²) in [6, 6.07) is 4.93. The number of nitrogens with one attached hydrogen (secondary N) is 2. The van der Waals surface area contributed by atoms with Crippen molar-refractivity contribution in [1.82, 2.24) is 10.6 Å². The topological polar surface area (TPSA) is 54.9 Å². The summed E-state index contributed by atoms with van der Waals surface area (Å²) in [5.41, 5.74) is 0.767. The lowest BCUT2D eigenvalue weighted by molar-refractivity contribution is -0.0512. The van der Waals surface area contributed by atoms with Crippen molar-refractivity contribution in [1.29, 1.82) is 0 Å². The number of thioether (sulfide) groups is 1. The highest BCUT2D eigenvalue weighted by atomic mass is 127. The van der Waals surface area contributed by atoms with Crippen LogP contribution in [0.2, 0.25) is 0 Å². The molecule has 148 valence electrons. The van der Waals surface area contributed by atoms with E-state index in [4.69, 9.17) is 4.74 Å². The first kappa shape index (κ1) is 23.1. The molecule has 1 heterocycles. The molecule has 26 heavy (non-hydrogen) atoms. The number of alkyl halides is 2. The maximum absolute atomic E-state index is 12.5. The van der Waals surface area contributed by atoms with Gasteiger partial charge in [-0.15, -0.1) is 24.0 Å².